The summed E-state index contributed by atoms with van der Waals surface area (Å²) < 4.78 is 12.1. The van der Waals surface area contributed by atoms with E-state index in [0.29, 0.717) is 16.5 Å². The molecule has 27 heavy (non-hydrogen) atoms. The van der Waals surface area contributed by atoms with Crippen LogP contribution in [-0.2, 0) is 12.0 Å². The highest BCUT2D eigenvalue weighted by Gasteiger charge is 2.23. The van der Waals surface area contributed by atoms with Crippen molar-refractivity contribution < 1.29 is 14.3 Å². The highest BCUT2D eigenvalue weighted by Crippen LogP contribution is 2.32. The molecule has 3 aromatic rings. The van der Waals surface area contributed by atoms with E-state index in [9.17, 15) is 9.59 Å². The summed E-state index contributed by atoms with van der Waals surface area (Å²) >= 11 is 1.39. The number of hydrogen-bond donors (Lipinski definition) is 1. The molecule has 140 valence electrons. The Hall–Kier alpha value is -2.87. The van der Waals surface area contributed by atoms with Crippen molar-refractivity contribution in [3.05, 3.63) is 57.0 Å². The van der Waals surface area contributed by atoms with Crippen LogP contribution in [0.15, 0.2) is 34.6 Å². The van der Waals surface area contributed by atoms with Gasteiger partial charge in [0.15, 0.2) is 16.5 Å². The minimum absolute atomic E-state index is 0.0251. The number of ether oxygens (including phenoxy) is 2. The average molecular weight is 385 g/mol. The van der Waals surface area contributed by atoms with Gasteiger partial charge >= 0.3 is 0 Å². The summed E-state index contributed by atoms with van der Waals surface area (Å²) in [4.78, 5) is 30.3. The van der Waals surface area contributed by atoms with E-state index in [1.807, 2.05) is 38.3 Å². The topological polar surface area (TPSA) is 81.9 Å². The molecule has 0 spiro atoms. The quantitative estimate of drug-likeness (QED) is 0.750. The van der Waals surface area contributed by atoms with Gasteiger partial charge < -0.3 is 14.8 Å². The Kier molecular flexibility index (Phi) is 4.15. The van der Waals surface area contributed by atoms with E-state index in [-0.39, 0.29) is 29.9 Å². The molecule has 0 saturated carbocycles. The fourth-order valence-electron chi connectivity index (χ4n) is 2.89. The Labute approximate surface area is 159 Å². The van der Waals surface area contributed by atoms with E-state index in [0.717, 1.165) is 11.3 Å². The first-order valence-corrected chi connectivity index (χ1v) is 9.39. The lowest BCUT2D eigenvalue weighted by atomic mass is 9.93. The predicted octanol–water partition coefficient (Wildman–Crippen LogP) is 2.71. The molecule has 1 amide bonds. The third-order valence-electron chi connectivity index (χ3n) is 4.35. The van der Waals surface area contributed by atoms with Crippen LogP contribution in [0.4, 0.5) is 0 Å². The number of carbonyl (C=O) groups is 1. The maximum Gasteiger partial charge on any atom is 0.271 e. The number of hydrogen-bond acceptors (Lipinski definition) is 6. The molecule has 1 aliphatic rings. The number of aromatic nitrogens is 2. The van der Waals surface area contributed by atoms with E-state index in [1.54, 1.807) is 6.07 Å². The molecule has 1 aliphatic heterocycles. The van der Waals surface area contributed by atoms with Gasteiger partial charge in [-0.1, -0.05) is 26.8 Å². The van der Waals surface area contributed by atoms with Gasteiger partial charge in [0.25, 0.3) is 11.5 Å². The summed E-state index contributed by atoms with van der Waals surface area (Å²) in [5.74, 6) is 0.883. The molecule has 0 saturated heterocycles. The van der Waals surface area contributed by atoms with Crippen molar-refractivity contribution in [2.75, 3.05) is 6.79 Å². The molecule has 1 aromatic carbocycles. The fourth-order valence-corrected chi connectivity index (χ4v) is 3.97. The summed E-state index contributed by atoms with van der Waals surface area (Å²) in [6.45, 7) is 6.53. The van der Waals surface area contributed by atoms with Gasteiger partial charge in [-0.25, -0.2) is 4.98 Å². The van der Waals surface area contributed by atoms with Crippen LogP contribution in [-0.4, -0.2) is 22.1 Å². The molecule has 0 radical (unpaired) electrons. The molecule has 0 aliphatic carbocycles. The standard InChI is InChI=1S/C19H19N3O4S/c1-19(2,3)15-9-27-18-21-8-12(17(24)22(15)18)16(23)20-7-11-4-5-13-14(6-11)26-10-25-13/h4-6,8-9H,7,10H2,1-3H3,(H,20,23). The maximum atomic E-state index is 12.9. The molecule has 2 aromatic heterocycles. The van der Waals surface area contributed by atoms with Crippen molar-refractivity contribution in [1.82, 2.24) is 14.7 Å². The molecule has 0 unspecified atom stereocenters. The highest BCUT2D eigenvalue weighted by atomic mass is 32.1. The zero-order valence-corrected chi connectivity index (χ0v) is 16.1. The molecule has 0 fully saturated rings. The first-order chi connectivity index (χ1) is 12.8. The first kappa shape index (κ1) is 17.5. The number of rotatable bonds is 3. The second kappa shape index (κ2) is 6.38. The Morgan fingerprint density at radius 3 is 2.85 bits per heavy atom. The number of amides is 1. The van der Waals surface area contributed by atoms with Gasteiger partial charge in [0, 0.05) is 29.2 Å². The molecule has 4 rings (SSSR count). The smallest absolute Gasteiger partial charge is 0.271 e. The minimum atomic E-state index is -0.453. The van der Waals surface area contributed by atoms with E-state index in [4.69, 9.17) is 9.47 Å². The van der Waals surface area contributed by atoms with Crippen molar-refractivity contribution in [2.45, 2.75) is 32.7 Å². The number of carbonyl (C=O) groups excluding carboxylic acids is 1. The normalized spacial score (nSPS) is 13.1. The zero-order chi connectivity index (χ0) is 19.2. The summed E-state index contributed by atoms with van der Waals surface area (Å²) in [7, 11) is 0. The second-order valence-corrected chi connectivity index (χ2v) is 8.17. The van der Waals surface area contributed by atoms with Crippen LogP contribution in [0.2, 0.25) is 0 Å². The second-order valence-electron chi connectivity index (χ2n) is 7.34. The number of nitrogens with zero attached hydrogens (tertiary/aromatic N) is 2. The van der Waals surface area contributed by atoms with Gasteiger partial charge in [-0.05, 0) is 17.7 Å². The van der Waals surface area contributed by atoms with Crippen molar-refractivity contribution in [3.8, 4) is 11.5 Å². The lowest BCUT2D eigenvalue weighted by Crippen LogP contribution is -2.32. The Morgan fingerprint density at radius 2 is 2.07 bits per heavy atom. The number of thiazole rings is 1. The van der Waals surface area contributed by atoms with E-state index in [2.05, 4.69) is 10.3 Å². The van der Waals surface area contributed by atoms with Crippen LogP contribution in [0.5, 0.6) is 11.5 Å². The lowest BCUT2D eigenvalue weighted by molar-refractivity contribution is 0.0948. The Morgan fingerprint density at radius 1 is 1.30 bits per heavy atom. The van der Waals surface area contributed by atoms with E-state index >= 15 is 0 Å². The van der Waals surface area contributed by atoms with Gasteiger partial charge in [0.2, 0.25) is 6.79 Å². The number of benzene rings is 1. The summed E-state index contributed by atoms with van der Waals surface area (Å²) in [5, 5.41) is 4.69. The molecule has 1 N–H and O–H groups in total. The molecule has 3 heterocycles. The Bertz CT molecular complexity index is 1090. The van der Waals surface area contributed by atoms with Crippen LogP contribution in [0.1, 0.15) is 42.4 Å². The number of nitrogens with one attached hydrogen (secondary N) is 1. The summed E-state index contributed by atoms with van der Waals surface area (Å²) in [6, 6.07) is 5.46. The van der Waals surface area contributed by atoms with Gasteiger partial charge in [-0.15, -0.1) is 11.3 Å². The number of fused-ring (bicyclic) bond motifs is 2. The molecule has 0 bridgehead atoms. The maximum absolute atomic E-state index is 12.9. The third kappa shape index (κ3) is 3.16. The van der Waals surface area contributed by atoms with Gasteiger partial charge in [-0.3, -0.25) is 14.0 Å². The summed E-state index contributed by atoms with van der Waals surface area (Å²) in [6.07, 6.45) is 1.34. The fraction of sp³-hybridized carbons (Fsp3) is 0.316. The van der Waals surface area contributed by atoms with Gasteiger partial charge in [0.05, 0.1) is 0 Å². The highest BCUT2D eigenvalue weighted by molar-refractivity contribution is 7.15. The Balaban J connectivity index is 1.59. The average Bonchev–Trinajstić information content (AvgIpc) is 3.26. The lowest BCUT2D eigenvalue weighted by Gasteiger charge is -2.17. The van der Waals surface area contributed by atoms with Crippen molar-refractivity contribution >= 4 is 22.2 Å². The zero-order valence-electron chi connectivity index (χ0n) is 15.2. The molecular formula is C19H19N3O4S. The van der Waals surface area contributed by atoms with Crippen LogP contribution in [0, 0.1) is 0 Å². The predicted molar refractivity (Wildman–Crippen MR) is 102 cm³/mol. The van der Waals surface area contributed by atoms with Gasteiger partial charge in [0.1, 0.15) is 5.56 Å². The molecular weight excluding hydrogens is 366 g/mol. The SMILES string of the molecule is CC(C)(C)c1csc2ncc(C(=O)NCc3ccc4c(c3)OCO4)c(=O)n12. The molecule has 7 nitrogen and oxygen atoms in total. The molecule has 0 atom stereocenters. The van der Waals surface area contributed by atoms with Crippen molar-refractivity contribution in [1.29, 1.82) is 0 Å². The van der Waals surface area contributed by atoms with Crippen LogP contribution in [0.25, 0.3) is 4.96 Å². The largest absolute Gasteiger partial charge is 0.454 e. The van der Waals surface area contributed by atoms with Crippen molar-refractivity contribution in [3.63, 3.8) is 0 Å². The van der Waals surface area contributed by atoms with E-state index < -0.39 is 5.91 Å². The van der Waals surface area contributed by atoms with Crippen molar-refractivity contribution in [2.24, 2.45) is 0 Å². The third-order valence-corrected chi connectivity index (χ3v) is 5.19. The first-order valence-electron chi connectivity index (χ1n) is 8.51. The van der Waals surface area contributed by atoms with E-state index in [1.165, 1.54) is 21.9 Å². The minimum Gasteiger partial charge on any atom is -0.454 e. The van der Waals surface area contributed by atoms with Gasteiger partial charge in [-0.2, -0.15) is 0 Å². The van der Waals surface area contributed by atoms with Crippen LogP contribution < -0.4 is 20.3 Å². The molecule has 8 heteroatoms. The monoisotopic (exact) mass is 385 g/mol. The summed E-state index contributed by atoms with van der Waals surface area (Å²) in [5.41, 5.74) is 1.13. The van der Waals surface area contributed by atoms with Crippen LogP contribution in [0.3, 0.4) is 0 Å². The van der Waals surface area contributed by atoms with Crippen LogP contribution >= 0.6 is 11.3 Å².